The molecule has 0 aliphatic carbocycles. The molecule has 0 bridgehead atoms. The van der Waals surface area contributed by atoms with Gasteiger partial charge in [-0.3, -0.25) is 4.79 Å². The van der Waals surface area contributed by atoms with Crippen LogP contribution >= 0.6 is 11.3 Å². The Kier molecular flexibility index (Phi) is 3.04. The predicted octanol–water partition coefficient (Wildman–Crippen LogP) is 1.67. The molecule has 0 spiro atoms. The molecule has 3 aromatic heterocycles. The van der Waals surface area contributed by atoms with Crippen molar-refractivity contribution < 1.29 is 4.79 Å². The monoisotopic (exact) mass is 314 g/mol. The third-order valence-corrected chi connectivity index (χ3v) is 4.50. The molecular weight excluding hydrogens is 300 g/mol. The summed E-state index contributed by atoms with van der Waals surface area (Å²) in [5.41, 5.74) is 7.16. The van der Waals surface area contributed by atoms with Gasteiger partial charge in [-0.2, -0.15) is 4.52 Å². The number of rotatable bonds is 2. The molecule has 0 radical (unpaired) electrons. The first-order chi connectivity index (χ1) is 10.7. The molecule has 22 heavy (non-hydrogen) atoms. The zero-order valence-corrected chi connectivity index (χ0v) is 12.6. The quantitative estimate of drug-likeness (QED) is 0.777. The highest BCUT2D eigenvalue weighted by Gasteiger charge is 2.21. The summed E-state index contributed by atoms with van der Waals surface area (Å²) in [5.74, 6) is 0.924. The SMILES string of the molecule is Nc1cc(C(=O)N2CCCC2)cc2nc(-c3nccs3)nn12. The normalized spacial score (nSPS) is 14.8. The molecule has 3 aromatic rings. The molecule has 0 aromatic carbocycles. The van der Waals surface area contributed by atoms with Crippen LogP contribution < -0.4 is 5.73 Å². The van der Waals surface area contributed by atoms with Crippen molar-refractivity contribution in [3.05, 3.63) is 29.3 Å². The fourth-order valence-electron chi connectivity index (χ4n) is 2.66. The number of fused-ring (bicyclic) bond motifs is 1. The number of pyridine rings is 1. The molecule has 1 saturated heterocycles. The molecule has 0 atom stereocenters. The molecule has 1 aliphatic rings. The molecule has 0 unspecified atom stereocenters. The Morgan fingerprint density at radius 2 is 2.09 bits per heavy atom. The molecule has 4 heterocycles. The summed E-state index contributed by atoms with van der Waals surface area (Å²) in [6.07, 6.45) is 3.82. The summed E-state index contributed by atoms with van der Waals surface area (Å²) < 4.78 is 1.54. The third-order valence-electron chi connectivity index (χ3n) is 3.73. The van der Waals surface area contributed by atoms with Crippen LogP contribution in [0.4, 0.5) is 5.82 Å². The molecule has 1 amide bonds. The molecule has 7 nitrogen and oxygen atoms in total. The van der Waals surface area contributed by atoms with Crippen LogP contribution in [0.25, 0.3) is 16.5 Å². The van der Waals surface area contributed by atoms with E-state index in [2.05, 4.69) is 15.1 Å². The third kappa shape index (κ3) is 2.12. The molecule has 4 rings (SSSR count). The fraction of sp³-hybridized carbons (Fsp3) is 0.286. The maximum atomic E-state index is 12.5. The lowest BCUT2D eigenvalue weighted by molar-refractivity contribution is 0.0793. The number of thiazole rings is 1. The van der Waals surface area contributed by atoms with Crippen LogP contribution in [0.15, 0.2) is 23.7 Å². The number of amides is 1. The van der Waals surface area contributed by atoms with Gasteiger partial charge in [0.15, 0.2) is 10.7 Å². The fourth-order valence-corrected chi connectivity index (χ4v) is 3.22. The van der Waals surface area contributed by atoms with E-state index in [1.807, 2.05) is 10.3 Å². The second-order valence-corrected chi connectivity index (χ2v) is 6.11. The van der Waals surface area contributed by atoms with Gasteiger partial charge < -0.3 is 10.6 Å². The molecular formula is C14H14N6OS. The Bertz CT molecular complexity index is 835. The van der Waals surface area contributed by atoms with E-state index in [0.717, 1.165) is 30.9 Å². The van der Waals surface area contributed by atoms with Crippen molar-refractivity contribution in [2.45, 2.75) is 12.8 Å². The number of nitrogen functional groups attached to an aromatic ring is 1. The Morgan fingerprint density at radius 1 is 1.27 bits per heavy atom. The van der Waals surface area contributed by atoms with Crippen LogP contribution in [0.5, 0.6) is 0 Å². The van der Waals surface area contributed by atoms with Crippen molar-refractivity contribution in [1.82, 2.24) is 24.5 Å². The summed E-state index contributed by atoms with van der Waals surface area (Å²) in [5, 5.41) is 6.96. The van der Waals surface area contributed by atoms with Gasteiger partial charge >= 0.3 is 0 Å². The van der Waals surface area contributed by atoms with E-state index in [1.165, 1.54) is 15.9 Å². The van der Waals surface area contributed by atoms with Crippen molar-refractivity contribution in [3.63, 3.8) is 0 Å². The highest BCUT2D eigenvalue weighted by atomic mass is 32.1. The molecule has 2 N–H and O–H groups in total. The van der Waals surface area contributed by atoms with Gasteiger partial charge in [-0.1, -0.05) is 0 Å². The summed E-state index contributed by atoms with van der Waals surface area (Å²) >= 11 is 1.46. The summed E-state index contributed by atoms with van der Waals surface area (Å²) in [7, 11) is 0. The smallest absolute Gasteiger partial charge is 0.254 e. The molecule has 0 saturated carbocycles. The molecule has 112 valence electrons. The molecule has 8 heteroatoms. The highest BCUT2D eigenvalue weighted by Crippen LogP contribution is 2.22. The zero-order chi connectivity index (χ0) is 15.1. The summed E-state index contributed by atoms with van der Waals surface area (Å²) in [4.78, 5) is 23.0. The van der Waals surface area contributed by atoms with Crippen LogP contribution in [0.2, 0.25) is 0 Å². The van der Waals surface area contributed by atoms with Gasteiger partial charge in [0, 0.05) is 30.2 Å². The van der Waals surface area contributed by atoms with Gasteiger partial charge in [0.05, 0.1) is 0 Å². The first-order valence-electron chi connectivity index (χ1n) is 7.08. The van der Waals surface area contributed by atoms with Gasteiger partial charge in [0.2, 0.25) is 5.82 Å². The summed E-state index contributed by atoms with van der Waals surface area (Å²) in [6, 6.07) is 3.40. The highest BCUT2D eigenvalue weighted by molar-refractivity contribution is 7.13. The van der Waals surface area contributed by atoms with E-state index < -0.39 is 0 Å². The largest absolute Gasteiger partial charge is 0.384 e. The molecule has 1 aliphatic heterocycles. The maximum absolute atomic E-state index is 12.5. The number of carbonyl (C=O) groups is 1. The lowest BCUT2D eigenvalue weighted by Crippen LogP contribution is -2.27. The van der Waals surface area contributed by atoms with Crippen LogP contribution in [0.1, 0.15) is 23.2 Å². The average molecular weight is 314 g/mol. The van der Waals surface area contributed by atoms with Gasteiger partial charge in [-0.25, -0.2) is 9.97 Å². The average Bonchev–Trinajstić information content (AvgIpc) is 3.25. The number of hydrogen-bond donors (Lipinski definition) is 1. The van der Waals surface area contributed by atoms with Crippen molar-refractivity contribution in [2.75, 3.05) is 18.8 Å². The summed E-state index contributed by atoms with van der Waals surface area (Å²) in [6.45, 7) is 1.61. The van der Waals surface area contributed by atoms with Gasteiger partial charge in [0.1, 0.15) is 5.82 Å². The number of nitrogens with zero attached hydrogens (tertiary/aromatic N) is 5. The number of likely N-dealkylation sites (tertiary alicyclic amines) is 1. The van der Waals surface area contributed by atoms with E-state index in [0.29, 0.717) is 22.9 Å². The van der Waals surface area contributed by atoms with Gasteiger partial charge in [0.25, 0.3) is 5.91 Å². The van der Waals surface area contributed by atoms with Crippen molar-refractivity contribution in [1.29, 1.82) is 0 Å². The maximum Gasteiger partial charge on any atom is 0.254 e. The number of nitrogens with two attached hydrogens (primary N) is 1. The first-order valence-corrected chi connectivity index (χ1v) is 7.96. The number of anilines is 1. The second-order valence-electron chi connectivity index (χ2n) is 5.21. The minimum absolute atomic E-state index is 0.00509. The van der Waals surface area contributed by atoms with E-state index >= 15 is 0 Å². The first kappa shape index (κ1) is 13.2. The van der Waals surface area contributed by atoms with Gasteiger partial charge in [-0.15, -0.1) is 16.4 Å². The van der Waals surface area contributed by atoms with Crippen LogP contribution in [-0.4, -0.2) is 43.5 Å². The van der Waals surface area contributed by atoms with E-state index in [-0.39, 0.29) is 5.91 Å². The Hall–Kier alpha value is -2.48. The van der Waals surface area contributed by atoms with E-state index in [1.54, 1.807) is 18.3 Å². The predicted molar refractivity (Wildman–Crippen MR) is 83.6 cm³/mol. The molecule has 1 fully saturated rings. The minimum atomic E-state index is 0.00509. The van der Waals surface area contributed by atoms with Crippen LogP contribution in [0.3, 0.4) is 0 Å². The van der Waals surface area contributed by atoms with Crippen molar-refractivity contribution in [3.8, 4) is 10.8 Å². The lowest BCUT2D eigenvalue weighted by atomic mass is 10.2. The van der Waals surface area contributed by atoms with Crippen LogP contribution in [0, 0.1) is 0 Å². The second kappa shape index (κ2) is 5.06. The Morgan fingerprint density at radius 3 is 2.82 bits per heavy atom. The standard InChI is InChI=1S/C14H14N6OS/c15-10-7-9(14(21)19-4-1-2-5-19)8-11-17-12(18-20(10)11)13-16-3-6-22-13/h3,6-8H,1-2,4-5,15H2. The lowest BCUT2D eigenvalue weighted by Gasteiger charge is -2.15. The number of carbonyl (C=O) groups excluding carboxylic acids is 1. The van der Waals surface area contributed by atoms with Crippen LogP contribution in [-0.2, 0) is 0 Å². The number of aromatic nitrogens is 4. The van der Waals surface area contributed by atoms with E-state index in [4.69, 9.17) is 5.73 Å². The number of hydrogen-bond acceptors (Lipinski definition) is 6. The zero-order valence-electron chi connectivity index (χ0n) is 11.8. The van der Waals surface area contributed by atoms with Gasteiger partial charge in [-0.05, 0) is 25.0 Å². The topological polar surface area (TPSA) is 89.4 Å². The Balaban J connectivity index is 1.77. The minimum Gasteiger partial charge on any atom is -0.384 e. The Labute approximate surface area is 130 Å². The van der Waals surface area contributed by atoms with E-state index in [9.17, 15) is 4.79 Å². The van der Waals surface area contributed by atoms with Crippen molar-refractivity contribution in [2.24, 2.45) is 0 Å². The van der Waals surface area contributed by atoms with Crippen molar-refractivity contribution >= 4 is 28.7 Å².